The van der Waals surface area contributed by atoms with Crippen LogP contribution in [0.3, 0.4) is 0 Å². The van der Waals surface area contributed by atoms with Crippen LogP contribution >= 0.6 is 11.3 Å². The van der Waals surface area contributed by atoms with Crippen LogP contribution in [0.15, 0.2) is 41.4 Å². The number of thiophene rings is 1. The first-order valence-electron chi connectivity index (χ1n) is 5.28. The number of hydrogen-bond acceptors (Lipinski definition) is 3. The Bertz CT molecular complexity index is 655. The molecule has 0 N–H and O–H groups in total. The van der Waals surface area contributed by atoms with Gasteiger partial charge in [-0.3, -0.25) is 4.79 Å². The predicted octanol–water partition coefficient (Wildman–Crippen LogP) is 2.96. The highest BCUT2D eigenvalue weighted by Crippen LogP contribution is 2.19. The van der Waals surface area contributed by atoms with Gasteiger partial charge in [0.2, 0.25) is 0 Å². The highest BCUT2D eigenvalue weighted by Gasteiger charge is 2.08. The molecule has 0 aliphatic heterocycles. The Labute approximate surface area is 102 Å². The average molecular weight is 242 g/mol. The van der Waals surface area contributed by atoms with Crippen LogP contribution in [0, 0.1) is 0 Å². The highest BCUT2D eigenvalue weighted by molar-refractivity contribution is 7.07. The number of aromatic nitrogens is 2. The molecule has 0 bridgehead atoms. The van der Waals surface area contributed by atoms with Gasteiger partial charge in [-0.05, 0) is 34.5 Å². The van der Waals surface area contributed by atoms with Crippen molar-refractivity contribution in [2.45, 2.75) is 6.54 Å². The monoisotopic (exact) mass is 242 g/mol. The van der Waals surface area contributed by atoms with E-state index in [0.717, 1.165) is 23.9 Å². The van der Waals surface area contributed by atoms with Crippen LogP contribution in [0.4, 0.5) is 0 Å². The lowest BCUT2D eigenvalue weighted by Gasteiger charge is -2.01. The zero-order valence-electron chi connectivity index (χ0n) is 9.04. The van der Waals surface area contributed by atoms with Gasteiger partial charge in [0.15, 0.2) is 6.29 Å². The molecular formula is C13H10N2OS. The third-order valence-electron chi connectivity index (χ3n) is 2.72. The molecule has 0 unspecified atom stereocenters. The molecule has 0 fully saturated rings. The highest BCUT2D eigenvalue weighted by atomic mass is 32.1. The molecule has 0 aliphatic carbocycles. The van der Waals surface area contributed by atoms with Crippen molar-refractivity contribution in [1.29, 1.82) is 0 Å². The van der Waals surface area contributed by atoms with Crippen molar-refractivity contribution in [2.75, 3.05) is 0 Å². The second kappa shape index (κ2) is 4.14. The smallest absolute Gasteiger partial charge is 0.152 e. The van der Waals surface area contributed by atoms with E-state index < -0.39 is 0 Å². The van der Waals surface area contributed by atoms with Crippen molar-refractivity contribution < 1.29 is 4.79 Å². The van der Waals surface area contributed by atoms with E-state index in [2.05, 4.69) is 21.8 Å². The SMILES string of the molecule is O=Cc1cn(Cc2ccsc2)c2ncccc12. The minimum atomic E-state index is 0.698. The summed E-state index contributed by atoms with van der Waals surface area (Å²) in [4.78, 5) is 15.3. The molecule has 0 atom stereocenters. The molecule has 0 radical (unpaired) electrons. The maximum atomic E-state index is 11.0. The fourth-order valence-electron chi connectivity index (χ4n) is 1.94. The van der Waals surface area contributed by atoms with Crippen LogP contribution in [-0.2, 0) is 6.54 Å². The summed E-state index contributed by atoms with van der Waals surface area (Å²) in [6.45, 7) is 0.755. The number of pyridine rings is 1. The standard InChI is InChI=1S/C13H10N2OS/c16-8-11-7-15(6-10-3-5-17-9-10)13-12(11)2-1-4-14-13/h1-5,7-9H,6H2. The van der Waals surface area contributed by atoms with Gasteiger partial charge in [-0.25, -0.2) is 4.98 Å². The van der Waals surface area contributed by atoms with Gasteiger partial charge in [0.25, 0.3) is 0 Å². The summed E-state index contributed by atoms with van der Waals surface area (Å²) >= 11 is 1.67. The van der Waals surface area contributed by atoms with E-state index >= 15 is 0 Å². The van der Waals surface area contributed by atoms with E-state index in [-0.39, 0.29) is 0 Å². The zero-order chi connectivity index (χ0) is 11.7. The Balaban J connectivity index is 2.13. The fourth-order valence-corrected chi connectivity index (χ4v) is 2.60. The van der Waals surface area contributed by atoms with Crippen molar-refractivity contribution in [3.63, 3.8) is 0 Å². The third-order valence-corrected chi connectivity index (χ3v) is 3.46. The number of fused-ring (bicyclic) bond motifs is 1. The minimum absolute atomic E-state index is 0.698. The van der Waals surface area contributed by atoms with Gasteiger partial charge in [0.05, 0.1) is 0 Å². The third kappa shape index (κ3) is 1.76. The molecule has 3 aromatic heterocycles. The van der Waals surface area contributed by atoms with Gasteiger partial charge in [-0.1, -0.05) is 0 Å². The maximum Gasteiger partial charge on any atom is 0.152 e. The largest absolute Gasteiger partial charge is 0.327 e. The molecule has 0 amide bonds. The summed E-state index contributed by atoms with van der Waals surface area (Å²) in [6, 6.07) is 5.86. The molecule has 0 spiro atoms. The van der Waals surface area contributed by atoms with Crippen LogP contribution in [0.2, 0.25) is 0 Å². The molecule has 3 heterocycles. The van der Waals surface area contributed by atoms with Gasteiger partial charge in [0.1, 0.15) is 5.65 Å². The lowest BCUT2D eigenvalue weighted by molar-refractivity contribution is 0.112. The van der Waals surface area contributed by atoms with Gasteiger partial charge in [0, 0.05) is 29.9 Å². The first-order chi connectivity index (χ1) is 8.38. The zero-order valence-corrected chi connectivity index (χ0v) is 9.85. The van der Waals surface area contributed by atoms with Gasteiger partial charge >= 0.3 is 0 Å². The quantitative estimate of drug-likeness (QED) is 0.662. The summed E-state index contributed by atoms with van der Waals surface area (Å²) < 4.78 is 2.02. The van der Waals surface area contributed by atoms with E-state index in [1.165, 1.54) is 5.56 Å². The Morgan fingerprint density at radius 3 is 3.12 bits per heavy atom. The van der Waals surface area contributed by atoms with Gasteiger partial charge < -0.3 is 4.57 Å². The summed E-state index contributed by atoms with van der Waals surface area (Å²) in [5.74, 6) is 0. The van der Waals surface area contributed by atoms with Crippen LogP contribution in [0.5, 0.6) is 0 Å². The molecule has 0 saturated heterocycles. The lowest BCUT2D eigenvalue weighted by atomic mass is 10.2. The first kappa shape index (κ1) is 10.2. The van der Waals surface area contributed by atoms with Crippen molar-refractivity contribution in [3.8, 4) is 0 Å². The van der Waals surface area contributed by atoms with Gasteiger partial charge in [-0.15, -0.1) is 0 Å². The van der Waals surface area contributed by atoms with Crippen LogP contribution in [0.25, 0.3) is 11.0 Å². The van der Waals surface area contributed by atoms with Crippen LogP contribution in [0.1, 0.15) is 15.9 Å². The minimum Gasteiger partial charge on any atom is -0.327 e. The molecule has 0 aromatic carbocycles. The summed E-state index contributed by atoms with van der Waals surface area (Å²) in [7, 11) is 0. The molecule has 3 nitrogen and oxygen atoms in total. The Hall–Kier alpha value is -1.94. The van der Waals surface area contributed by atoms with E-state index in [0.29, 0.717) is 5.56 Å². The number of nitrogens with zero attached hydrogens (tertiary/aromatic N) is 2. The van der Waals surface area contributed by atoms with Crippen molar-refractivity contribution >= 4 is 28.7 Å². The van der Waals surface area contributed by atoms with E-state index in [9.17, 15) is 4.79 Å². The lowest BCUT2D eigenvalue weighted by Crippen LogP contribution is -1.97. The van der Waals surface area contributed by atoms with Crippen LogP contribution < -0.4 is 0 Å². The van der Waals surface area contributed by atoms with Crippen molar-refractivity contribution in [2.24, 2.45) is 0 Å². The molecule has 3 aromatic rings. The molecule has 3 rings (SSSR count). The van der Waals surface area contributed by atoms with Gasteiger partial charge in [-0.2, -0.15) is 11.3 Å². The number of rotatable bonds is 3. The second-order valence-electron chi connectivity index (χ2n) is 3.84. The topological polar surface area (TPSA) is 34.9 Å². The molecule has 4 heteroatoms. The Kier molecular flexibility index (Phi) is 2.49. The first-order valence-corrected chi connectivity index (χ1v) is 6.23. The normalized spacial score (nSPS) is 10.8. The average Bonchev–Trinajstić information content (AvgIpc) is 2.98. The number of carbonyl (C=O) groups is 1. The number of carbonyl (C=O) groups excluding carboxylic acids is 1. The number of aldehydes is 1. The summed E-state index contributed by atoms with van der Waals surface area (Å²) in [5.41, 5.74) is 2.79. The van der Waals surface area contributed by atoms with E-state index in [1.54, 1.807) is 17.5 Å². The second-order valence-corrected chi connectivity index (χ2v) is 4.62. The molecule has 17 heavy (non-hydrogen) atoms. The Morgan fingerprint density at radius 1 is 1.41 bits per heavy atom. The number of hydrogen-bond donors (Lipinski definition) is 0. The molecule has 84 valence electrons. The van der Waals surface area contributed by atoms with Crippen molar-refractivity contribution in [1.82, 2.24) is 9.55 Å². The predicted molar refractivity (Wildman–Crippen MR) is 68.5 cm³/mol. The van der Waals surface area contributed by atoms with E-state index in [1.807, 2.05) is 22.9 Å². The van der Waals surface area contributed by atoms with E-state index in [4.69, 9.17) is 0 Å². The Morgan fingerprint density at radius 2 is 2.35 bits per heavy atom. The maximum absolute atomic E-state index is 11.0. The molecule has 0 saturated carbocycles. The fraction of sp³-hybridized carbons (Fsp3) is 0.0769. The summed E-state index contributed by atoms with van der Waals surface area (Å²) in [6.07, 6.45) is 4.50. The van der Waals surface area contributed by atoms with Crippen molar-refractivity contribution in [3.05, 3.63) is 52.5 Å². The molecular weight excluding hydrogens is 232 g/mol. The molecule has 0 aliphatic rings. The van der Waals surface area contributed by atoms with Crippen LogP contribution in [-0.4, -0.2) is 15.8 Å². The summed E-state index contributed by atoms with van der Waals surface area (Å²) in [5, 5.41) is 5.07.